The maximum atomic E-state index is 12.9. The number of hydrogen-bond donors (Lipinski definition) is 2. The summed E-state index contributed by atoms with van der Waals surface area (Å²) >= 11 is 0. The number of nitrogens with two attached hydrogens (primary N) is 1. The number of nitrogens with one attached hydrogen (secondary N) is 1. The number of carbonyl (C=O) groups excluding carboxylic acids is 2. The Bertz CT molecular complexity index is 982. The van der Waals surface area contributed by atoms with Gasteiger partial charge in [-0.1, -0.05) is 12.1 Å². The molecule has 1 heterocycles. The summed E-state index contributed by atoms with van der Waals surface area (Å²) in [5.41, 5.74) is 8.00. The minimum absolute atomic E-state index is 0.159. The predicted octanol–water partition coefficient (Wildman–Crippen LogP) is 2.70. The summed E-state index contributed by atoms with van der Waals surface area (Å²) in [6.07, 6.45) is 1.34. The summed E-state index contributed by atoms with van der Waals surface area (Å²) in [6.45, 7) is 2.24. The van der Waals surface area contributed by atoms with Gasteiger partial charge in [0.2, 0.25) is 0 Å². The Balaban J connectivity index is 1.68. The molecule has 0 atom stereocenters. The maximum Gasteiger partial charge on any atom is 0.343 e. The second-order valence-corrected chi connectivity index (χ2v) is 5.93. The molecule has 1 aromatic heterocycles. The van der Waals surface area contributed by atoms with Gasteiger partial charge in [-0.2, -0.15) is 5.10 Å². The molecule has 0 radical (unpaired) electrons. The van der Waals surface area contributed by atoms with E-state index < -0.39 is 5.97 Å². The highest BCUT2D eigenvalue weighted by Crippen LogP contribution is 2.18. The first-order valence-corrected chi connectivity index (χ1v) is 8.63. The molecular weight excluding hydrogens is 363 g/mol. The van der Waals surface area contributed by atoms with Gasteiger partial charge < -0.3 is 15.8 Å². The van der Waals surface area contributed by atoms with Crippen LogP contribution in [-0.2, 0) is 11.3 Å². The van der Waals surface area contributed by atoms with Crippen LogP contribution in [0.5, 0.6) is 0 Å². The molecule has 1 amide bonds. The Hall–Kier alpha value is -3.68. The van der Waals surface area contributed by atoms with Gasteiger partial charge in [0.1, 0.15) is 17.2 Å². The quantitative estimate of drug-likeness (QED) is 0.639. The lowest BCUT2D eigenvalue weighted by atomic mass is 10.1. The normalized spacial score (nSPS) is 10.5. The second-order valence-electron chi connectivity index (χ2n) is 5.93. The van der Waals surface area contributed by atoms with E-state index in [4.69, 9.17) is 10.5 Å². The van der Waals surface area contributed by atoms with Gasteiger partial charge in [-0.15, -0.1) is 0 Å². The van der Waals surface area contributed by atoms with Crippen molar-refractivity contribution in [3.63, 3.8) is 0 Å². The van der Waals surface area contributed by atoms with Crippen molar-refractivity contribution in [3.8, 4) is 5.69 Å². The number of nitrogen functional groups attached to an aromatic ring is 1. The number of halogens is 1. The van der Waals surface area contributed by atoms with E-state index in [0.717, 1.165) is 5.56 Å². The molecule has 0 bridgehead atoms. The molecule has 0 fully saturated rings. The van der Waals surface area contributed by atoms with Gasteiger partial charge in [0, 0.05) is 12.1 Å². The van der Waals surface area contributed by atoms with Crippen molar-refractivity contribution in [3.05, 3.63) is 77.2 Å². The third-order valence-electron chi connectivity index (χ3n) is 4.04. The molecule has 0 aliphatic rings. The number of benzene rings is 2. The van der Waals surface area contributed by atoms with E-state index in [-0.39, 0.29) is 36.3 Å². The summed E-state index contributed by atoms with van der Waals surface area (Å²) < 4.78 is 19.2. The topological polar surface area (TPSA) is 99.2 Å². The first-order chi connectivity index (χ1) is 13.5. The highest BCUT2D eigenvalue weighted by atomic mass is 19.1. The van der Waals surface area contributed by atoms with E-state index in [1.165, 1.54) is 23.0 Å². The Morgan fingerprint density at radius 3 is 2.46 bits per heavy atom. The van der Waals surface area contributed by atoms with Gasteiger partial charge in [-0.3, -0.25) is 4.79 Å². The number of carbonyl (C=O) groups is 2. The minimum atomic E-state index is -0.539. The monoisotopic (exact) mass is 382 g/mol. The van der Waals surface area contributed by atoms with Crippen LogP contribution >= 0.6 is 0 Å². The number of ether oxygens (including phenoxy) is 1. The van der Waals surface area contributed by atoms with Crippen LogP contribution in [0, 0.1) is 5.82 Å². The molecule has 2 aromatic carbocycles. The third kappa shape index (κ3) is 4.17. The molecule has 3 N–H and O–H groups in total. The number of hydrogen-bond acceptors (Lipinski definition) is 5. The number of esters is 1. The first-order valence-electron chi connectivity index (χ1n) is 8.63. The fraction of sp³-hybridized carbons (Fsp3) is 0.150. The molecule has 144 valence electrons. The maximum absolute atomic E-state index is 12.9. The molecule has 0 saturated carbocycles. The molecule has 0 aliphatic carbocycles. The van der Waals surface area contributed by atoms with Gasteiger partial charge >= 0.3 is 5.97 Å². The molecule has 0 unspecified atom stereocenters. The number of aromatic nitrogens is 2. The number of anilines is 1. The molecular formula is C20H19FN4O3. The molecule has 28 heavy (non-hydrogen) atoms. The minimum Gasteiger partial charge on any atom is -0.462 e. The van der Waals surface area contributed by atoms with Crippen molar-refractivity contribution < 1.29 is 18.7 Å². The van der Waals surface area contributed by atoms with Crippen LogP contribution in [0.3, 0.4) is 0 Å². The summed E-state index contributed by atoms with van der Waals surface area (Å²) in [5, 5.41) is 6.88. The molecule has 0 spiro atoms. The van der Waals surface area contributed by atoms with Gasteiger partial charge in [-0.05, 0) is 48.9 Å². The molecule has 3 rings (SSSR count). The standard InChI is InChI=1S/C20H19FN4O3/c1-2-28-20(27)17-12-24-25(18(17)22)16-9-5-14(6-10-16)19(26)23-11-13-3-7-15(21)8-4-13/h3-10,12H,2,11,22H2,1H3,(H,23,26). The largest absolute Gasteiger partial charge is 0.462 e. The van der Waals surface area contributed by atoms with Crippen molar-refractivity contribution in [2.75, 3.05) is 12.3 Å². The summed E-state index contributed by atoms with van der Waals surface area (Å²) in [5.74, 6) is -0.971. The van der Waals surface area contributed by atoms with E-state index >= 15 is 0 Å². The lowest BCUT2D eigenvalue weighted by molar-refractivity contribution is 0.0527. The summed E-state index contributed by atoms with van der Waals surface area (Å²) in [6, 6.07) is 12.5. The Morgan fingerprint density at radius 1 is 1.14 bits per heavy atom. The van der Waals surface area contributed by atoms with E-state index in [2.05, 4.69) is 10.4 Å². The molecule has 7 nitrogen and oxygen atoms in total. The third-order valence-corrected chi connectivity index (χ3v) is 4.04. The highest BCUT2D eigenvalue weighted by molar-refractivity contribution is 5.95. The zero-order valence-corrected chi connectivity index (χ0v) is 15.2. The van der Waals surface area contributed by atoms with Crippen molar-refractivity contribution >= 4 is 17.7 Å². The average Bonchev–Trinajstić information content (AvgIpc) is 3.09. The van der Waals surface area contributed by atoms with Gasteiger partial charge in [0.25, 0.3) is 5.91 Å². The highest BCUT2D eigenvalue weighted by Gasteiger charge is 2.17. The summed E-state index contributed by atoms with van der Waals surface area (Å²) in [4.78, 5) is 24.1. The zero-order chi connectivity index (χ0) is 20.1. The van der Waals surface area contributed by atoms with Crippen LogP contribution < -0.4 is 11.1 Å². The fourth-order valence-corrected chi connectivity index (χ4v) is 2.57. The SMILES string of the molecule is CCOC(=O)c1cnn(-c2ccc(C(=O)NCc3ccc(F)cc3)cc2)c1N. The van der Waals surface area contributed by atoms with E-state index in [1.54, 1.807) is 43.3 Å². The van der Waals surface area contributed by atoms with Crippen LogP contribution in [0.4, 0.5) is 10.2 Å². The lowest BCUT2D eigenvalue weighted by Crippen LogP contribution is -2.22. The van der Waals surface area contributed by atoms with Crippen molar-refractivity contribution in [2.24, 2.45) is 0 Å². The molecule has 0 aliphatic heterocycles. The van der Waals surface area contributed by atoms with Crippen LogP contribution in [0.1, 0.15) is 33.2 Å². The van der Waals surface area contributed by atoms with Crippen LogP contribution in [0.15, 0.2) is 54.7 Å². The Kier molecular flexibility index (Phi) is 5.69. The van der Waals surface area contributed by atoms with Crippen molar-refractivity contribution in [1.29, 1.82) is 0 Å². The number of nitrogens with zero attached hydrogens (tertiary/aromatic N) is 2. The van der Waals surface area contributed by atoms with E-state index in [9.17, 15) is 14.0 Å². The van der Waals surface area contributed by atoms with Crippen molar-refractivity contribution in [1.82, 2.24) is 15.1 Å². The molecule has 8 heteroatoms. The lowest BCUT2D eigenvalue weighted by Gasteiger charge is -2.08. The van der Waals surface area contributed by atoms with Gasteiger partial charge in [-0.25, -0.2) is 13.9 Å². The van der Waals surface area contributed by atoms with E-state index in [1.807, 2.05) is 0 Å². The Labute approximate surface area is 160 Å². The predicted molar refractivity (Wildman–Crippen MR) is 102 cm³/mol. The van der Waals surface area contributed by atoms with Gasteiger partial charge in [0.05, 0.1) is 18.5 Å². The Morgan fingerprint density at radius 2 is 1.82 bits per heavy atom. The fourth-order valence-electron chi connectivity index (χ4n) is 2.57. The van der Waals surface area contributed by atoms with E-state index in [0.29, 0.717) is 11.3 Å². The van der Waals surface area contributed by atoms with Gasteiger partial charge in [0.15, 0.2) is 0 Å². The first kappa shape index (κ1) is 19.1. The number of rotatable bonds is 6. The van der Waals surface area contributed by atoms with Crippen LogP contribution in [-0.4, -0.2) is 28.3 Å². The van der Waals surface area contributed by atoms with Crippen molar-refractivity contribution in [2.45, 2.75) is 13.5 Å². The summed E-state index contributed by atoms with van der Waals surface area (Å²) in [7, 11) is 0. The second kappa shape index (κ2) is 8.34. The average molecular weight is 382 g/mol. The smallest absolute Gasteiger partial charge is 0.343 e. The molecule has 3 aromatic rings. The van der Waals surface area contributed by atoms with Crippen LogP contribution in [0.2, 0.25) is 0 Å². The molecule has 0 saturated heterocycles. The number of amides is 1. The van der Waals surface area contributed by atoms with Crippen LogP contribution in [0.25, 0.3) is 5.69 Å². The zero-order valence-electron chi connectivity index (χ0n) is 15.2.